The van der Waals surface area contributed by atoms with Crippen LogP contribution in [0.2, 0.25) is 0 Å². The average Bonchev–Trinajstić information content (AvgIpc) is 3.74. The van der Waals surface area contributed by atoms with E-state index in [1.165, 1.54) is 0 Å². The molecule has 0 saturated heterocycles. The number of nitrogens with one attached hydrogen (secondary N) is 3. The molecule has 2 fully saturated rings. The monoisotopic (exact) mass is 448 g/mol. The van der Waals surface area contributed by atoms with Gasteiger partial charge in [0.1, 0.15) is 0 Å². The summed E-state index contributed by atoms with van der Waals surface area (Å²) in [7, 11) is 0. The summed E-state index contributed by atoms with van der Waals surface area (Å²) in [5.41, 5.74) is 9.89. The minimum absolute atomic E-state index is 0.214. The van der Waals surface area contributed by atoms with Gasteiger partial charge in [-0.15, -0.1) is 0 Å². The number of pyridine rings is 1. The van der Waals surface area contributed by atoms with Crippen LogP contribution in [0.5, 0.6) is 0 Å². The van der Waals surface area contributed by atoms with Crippen LogP contribution in [0.15, 0.2) is 36.4 Å². The van der Waals surface area contributed by atoms with E-state index in [2.05, 4.69) is 23.1 Å². The van der Waals surface area contributed by atoms with Crippen molar-refractivity contribution in [2.24, 2.45) is 0 Å². The van der Waals surface area contributed by atoms with Crippen molar-refractivity contribution >= 4 is 34.3 Å². The average molecular weight is 449 g/mol. The van der Waals surface area contributed by atoms with Crippen molar-refractivity contribution in [3.05, 3.63) is 53.3 Å². The number of nitrogens with zero attached hydrogens (tertiary/aromatic N) is 3. The second-order valence-corrected chi connectivity index (χ2v) is 9.07. The van der Waals surface area contributed by atoms with Gasteiger partial charge in [-0.1, -0.05) is 31.5 Å². The second kappa shape index (κ2) is 8.86. The van der Waals surface area contributed by atoms with Gasteiger partial charge in [-0.25, -0.2) is 9.67 Å². The van der Waals surface area contributed by atoms with Crippen molar-refractivity contribution in [2.75, 3.05) is 6.54 Å². The van der Waals surface area contributed by atoms with Gasteiger partial charge >= 0.3 is 0 Å². The Morgan fingerprint density at radius 1 is 1.12 bits per heavy atom. The molecule has 166 valence electrons. The zero-order chi connectivity index (χ0) is 22.1. The molecule has 32 heavy (non-hydrogen) atoms. The predicted octanol–water partition coefficient (Wildman–Crippen LogP) is 4.08. The van der Waals surface area contributed by atoms with Crippen molar-refractivity contribution in [1.82, 2.24) is 30.9 Å². The SMILES string of the molecule is CCCCNC(=S)NNC(=O)c1cc(C2CC2)nc2c1c(C1CC1)nn2-c1ccccc1. The Bertz CT molecular complexity index is 1150. The summed E-state index contributed by atoms with van der Waals surface area (Å²) < 4.78 is 1.90. The molecule has 2 aliphatic rings. The van der Waals surface area contributed by atoms with Crippen LogP contribution in [-0.4, -0.2) is 32.3 Å². The first-order valence-corrected chi connectivity index (χ1v) is 11.9. The highest BCUT2D eigenvalue weighted by molar-refractivity contribution is 7.80. The van der Waals surface area contributed by atoms with E-state index in [1.54, 1.807) is 0 Å². The molecule has 0 radical (unpaired) electrons. The molecule has 0 aliphatic heterocycles. The first kappa shape index (κ1) is 20.9. The largest absolute Gasteiger partial charge is 0.361 e. The zero-order valence-electron chi connectivity index (χ0n) is 18.2. The summed E-state index contributed by atoms with van der Waals surface area (Å²) in [6, 6.07) is 12.0. The topological polar surface area (TPSA) is 83.9 Å². The van der Waals surface area contributed by atoms with Crippen molar-refractivity contribution in [3.63, 3.8) is 0 Å². The van der Waals surface area contributed by atoms with E-state index in [4.69, 9.17) is 22.3 Å². The Labute approximate surface area is 193 Å². The Hall–Kier alpha value is -3.00. The van der Waals surface area contributed by atoms with Gasteiger partial charge in [-0.05, 0) is 62.5 Å². The summed E-state index contributed by atoms with van der Waals surface area (Å²) in [6.07, 6.45) is 6.51. The molecule has 2 aromatic heterocycles. The number of rotatable bonds is 7. The van der Waals surface area contributed by atoms with Crippen molar-refractivity contribution in [3.8, 4) is 5.69 Å². The molecule has 7 nitrogen and oxygen atoms in total. The van der Waals surface area contributed by atoms with Gasteiger partial charge in [0.2, 0.25) is 0 Å². The summed E-state index contributed by atoms with van der Waals surface area (Å²) in [5, 5.41) is 9.33. The van der Waals surface area contributed by atoms with Gasteiger partial charge in [-0.2, -0.15) is 5.10 Å². The maximum atomic E-state index is 13.3. The second-order valence-electron chi connectivity index (χ2n) is 8.66. The molecule has 8 heteroatoms. The Morgan fingerprint density at radius 3 is 2.56 bits per heavy atom. The molecule has 5 rings (SSSR count). The predicted molar refractivity (Wildman–Crippen MR) is 129 cm³/mol. The number of thiocarbonyl (C=S) groups is 1. The number of hydrogen-bond acceptors (Lipinski definition) is 4. The first-order valence-electron chi connectivity index (χ1n) is 11.5. The lowest BCUT2D eigenvalue weighted by Gasteiger charge is -2.13. The molecule has 2 saturated carbocycles. The quantitative estimate of drug-likeness (QED) is 0.287. The van der Waals surface area contributed by atoms with Crippen molar-refractivity contribution in [2.45, 2.75) is 57.3 Å². The van der Waals surface area contributed by atoms with Crippen LogP contribution in [0.1, 0.15) is 79.0 Å². The molecular weight excluding hydrogens is 420 g/mol. The Morgan fingerprint density at radius 2 is 1.88 bits per heavy atom. The number of amides is 1. The van der Waals surface area contributed by atoms with E-state index in [-0.39, 0.29) is 5.91 Å². The van der Waals surface area contributed by atoms with Crippen LogP contribution in [0.25, 0.3) is 16.7 Å². The van der Waals surface area contributed by atoms with Gasteiger partial charge in [0.15, 0.2) is 10.8 Å². The number of fused-ring (bicyclic) bond motifs is 1. The molecule has 0 unspecified atom stereocenters. The number of benzene rings is 1. The zero-order valence-corrected chi connectivity index (χ0v) is 19.0. The summed E-state index contributed by atoms with van der Waals surface area (Å²) in [6.45, 7) is 2.90. The third-order valence-corrected chi connectivity index (χ3v) is 6.24. The normalized spacial score (nSPS) is 15.5. The number of carbonyl (C=O) groups excluding carboxylic acids is 1. The molecule has 1 aromatic carbocycles. The fraction of sp³-hybridized carbons (Fsp3) is 0.417. The fourth-order valence-corrected chi connectivity index (χ4v) is 4.08. The number of hydrogen-bond donors (Lipinski definition) is 3. The van der Waals surface area contributed by atoms with Crippen LogP contribution in [0.4, 0.5) is 0 Å². The van der Waals surface area contributed by atoms with Crippen molar-refractivity contribution in [1.29, 1.82) is 0 Å². The maximum absolute atomic E-state index is 13.3. The Balaban J connectivity index is 1.52. The molecule has 0 spiro atoms. The number of aromatic nitrogens is 3. The van der Waals surface area contributed by atoms with E-state index in [0.717, 1.165) is 73.2 Å². The molecule has 0 atom stereocenters. The molecule has 0 bridgehead atoms. The van der Waals surface area contributed by atoms with Gasteiger partial charge in [0, 0.05) is 24.1 Å². The van der Waals surface area contributed by atoms with Crippen LogP contribution in [-0.2, 0) is 0 Å². The molecule has 3 aromatic rings. The lowest BCUT2D eigenvalue weighted by atomic mass is 10.1. The van der Waals surface area contributed by atoms with E-state index in [0.29, 0.717) is 22.5 Å². The fourth-order valence-electron chi connectivity index (χ4n) is 3.92. The third kappa shape index (κ3) is 4.32. The van der Waals surface area contributed by atoms with Gasteiger partial charge in [0.25, 0.3) is 5.91 Å². The summed E-state index contributed by atoms with van der Waals surface area (Å²) >= 11 is 5.29. The van der Waals surface area contributed by atoms with E-state index in [9.17, 15) is 4.79 Å². The van der Waals surface area contributed by atoms with Crippen LogP contribution in [0, 0.1) is 0 Å². The smallest absolute Gasteiger partial charge is 0.270 e. The molecule has 2 heterocycles. The lowest BCUT2D eigenvalue weighted by Crippen LogP contribution is -2.47. The van der Waals surface area contributed by atoms with E-state index in [1.807, 2.05) is 41.1 Å². The highest BCUT2D eigenvalue weighted by Crippen LogP contribution is 2.45. The van der Waals surface area contributed by atoms with Gasteiger partial charge in [0.05, 0.1) is 22.3 Å². The van der Waals surface area contributed by atoms with Crippen LogP contribution < -0.4 is 16.2 Å². The minimum atomic E-state index is -0.214. The van der Waals surface area contributed by atoms with E-state index < -0.39 is 0 Å². The van der Waals surface area contributed by atoms with Gasteiger partial charge in [-0.3, -0.25) is 15.6 Å². The standard InChI is InChI=1S/C24H28N6OS/c1-2-3-13-25-24(32)28-27-23(31)18-14-19(15-9-10-15)26-22-20(18)21(16-11-12-16)29-30(22)17-7-5-4-6-8-17/h4-8,14-16H,2-3,9-13H2,1H3,(H,27,31)(H2,25,28,32). The third-order valence-electron chi connectivity index (χ3n) is 6.00. The van der Waals surface area contributed by atoms with Crippen LogP contribution in [0.3, 0.4) is 0 Å². The molecule has 3 N–H and O–H groups in total. The summed E-state index contributed by atoms with van der Waals surface area (Å²) in [4.78, 5) is 18.3. The molecule has 1 amide bonds. The molecule has 2 aliphatic carbocycles. The number of hydrazine groups is 1. The minimum Gasteiger partial charge on any atom is -0.361 e. The summed E-state index contributed by atoms with van der Waals surface area (Å²) in [5.74, 6) is 0.583. The van der Waals surface area contributed by atoms with Crippen LogP contribution >= 0.6 is 12.2 Å². The van der Waals surface area contributed by atoms with Gasteiger partial charge < -0.3 is 5.32 Å². The van der Waals surface area contributed by atoms with E-state index >= 15 is 0 Å². The maximum Gasteiger partial charge on any atom is 0.270 e. The highest BCUT2D eigenvalue weighted by Gasteiger charge is 2.34. The molecular formula is C24H28N6OS. The number of unbranched alkanes of at least 4 members (excludes halogenated alkanes) is 1. The Kier molecular flexibility index (Phi) is 5.78. The highest BCUT2D eigenvalue weighted by atomic mass is 32.1. The lowest BCUT2D eigenvalue weighted by molar-refractivity contribution is 0.0945. The number of carbonyl (C=O) groups is 1. The van der Waals surface area contributed by atoms with Crippen molar-refractivity contribution < 1.29 is 4.79 Å². The number of para-hydroxylation sites is 1. The first-order chi connectivity index (χ1) is 15.7.